The second kappa shape index (κ2) is 8.72. The Hall–Kier alpha value is -5.08. The highest BCUT2D eigenvalue weighted by molar-refractivity contribution is 6.12. The first-order valence-electron chi connectivity index (χ1n) is 13.8. The molecular weight excluding hydrogens is 484 g/mol. The normalized spacial score (nSPS) is 11.8. The first-order valence-corrected chi connectivity index (χ1v) is 13.8. The van der Waals surface area contributed by atoms with Gasteiger partial charge >= 0.3 is 0 Å². The molecule has 2 aromatic heterocycles. The van der Waals surface area contributed by atoms with E-state index >= 15 is 0 Å². The number of rotatable bonds is 3. The number of hydrogen-bond donors (Lipinski definition) is 0. The van der Waals surface area contributed by atoms with Gasteiger partial charge in [-0.15, -0.1) is 0 Å². The lowest BCUT2D eigenvalue weighted by Crippen LogP contribution is -1.87. The molecule has 0 bridgehead atoms. The van der Waals surface area contributed by atoms with E-state index in [2.05, 4.69) is 157 Å². The Bertz CT molecular complexity index is 2210. The maximum Gasteiger partial charge on any atom is 0.0489 e. The molecule has 2 heteroatoms. The van der Waals surface area contributed by atoms with Crippen LogP contribution < -0.4 is 0 Å². The van der Waals surface area contributed by atoms with Gasteiger partial charge in [-0.3, -0.25) is 0 Å². The van der Waals surface area contributed by atoms with Crippen molar-refractivity contribution in [3.63, 3.8) is 0 Å². The van der Waals surface area contributed by atoms with Gasteiger partial charge in [-0.05, 0) is 75.8 Å². The van der Waals surface area contributed by atoms with E-state index in [1.807, 2.05) is 0 Å². The van der Waals surface area contributed by atoms with Crippen molar-refractivity contribution in [3.8, 4) is 33.4 Å². The Labute approximate surface area is 233 Å². The fourth-order valence-corrected chi connectivity index (χ4v) is 6.41. The van der Waals surface area contributed by atoms with Gasteiger partial charge in [0.05, 0.1) is 0 Å². The summed E-state index contributed by atoms with van der Waals surface area (Å²) in [6.07, 6.45) is 0. The number of aromatic nitrogens is 2. The van der Waals surface area contributed by atoms with Crippen molar-refractivity contribution in [2.24, 2.45) is 14.1 Å². The summed E-state index contributed by atoms with van der Waals surface area (Å²) in [5.74, 6) is 0. The number of aryl methyl sites for hydroxylation is 2. The Balaban J connectivity index is 1.25. The smallest absolute Gasteiger partial charge is 0.0489 e. The fourth-order valence-electron chi connectivity index (χ4n) is 6.41. The Morgan fingerprint density at radius 1 is 0.300 bits per heavy atom. The van der Waals surface area contributed by atoms with Gasteiger partial charge in [-0.2, -0.15) is 0 Å². The molecule has 0 saturated carbocycles. The van der Waals surface area contributed by atoms with Gasteiger partial charge in [0.1, 0.15) is 0 Å². The zero-order chi connectivity index (χ0) is 26.8. The number of benzene rings is 6. The molecule has 6 aromatic carbocycles. The second-order valence-corrected chi connectivity index (χ2v) is 10.8. The van der Waals surface area contributed by atoms with E-state index in [9.17, 15) is 0 Å². The lowest BCUT2D eigenvalue weighted by molar-refractivity contribution is 1.01. The average Bonchev–Trinajstić information content (AvgIpc) is 3.47. The van der Waals surface area contributed by atoms with Crippen LogP contribution in [0.1, 0.15) is 0 Å². The zero-order valence-electron chi connectivity index (χ0n) is 22.6. The molecule has 0 aliphatic carbocycles. The van der Waals surface area contributed by atoms with Crippen molar-refractivity contribution in [3.05, 3.63) is 133 Å². The first kappa shape index (κ1) is 22.9. The van der Waals surface area contributed by atoms with Crippen molar-refractivity contribution in [1.82, 2.24) is 9.13 Å². The van der Waals surface area contributed by atoms with Crippen LogP contribution >= 0.6 is 0 Å². The monoisotopic (exact) mass is 512 g/mol. The van der Waals surface area contributed by atoms with E-state index in [0.717, 1.165) is 0 Å². The third kappa shape index (κ3) is 3.43. The number of fused-ring (bicyclic) bond motifs is 6. The van der Waals surface area contributed by atoms with Crippen LogP contribution in [0.5, 0.6) is 0 Å². The predicted octanol–water partition coefficient (Wildman–Crippen LogP) is 9.98. The average molecular weight is 513 g/mol. The maximum atomic E-state index is 2.37. The number of nitrogens with zero attached hydrogens (tertiary/aromatic N) is 2. The molecule has 0 spiro atoms. The van der Waals surface area contributed by atoms with Gasteiger partial charge in [0.2, 0.25) is 0 Å². The maximum absolute atomic E-state index is 2.37. The molecule has 40 heavy (non-hydrogen) atoms. The van der Waals surface area contributed by atoms with Crippen LogP contribution in [-0.4, -0.2) is 9.13 Å². The quantitative estimate of drug-likeness (QED) is 0.223. The van der Waals surface area contributed by atoms with E-state index in [1.165, 1.54) is 77.0 Å². The third-order valence-electron chi connectivity index (χ3n) is 8.58. The van der Waals surface area contributed by atoms with Gasteiger partial charge in [0, 0.05) is 57.7 Å². The fraction of sp³-hybridized carbons (Fsp3) is 0.0526. The number of para-hydroxylation sites is 1. The van der Waals surface area contributed by atoms with E-state index in [-0.39, 0.29) is 0 Å². The summed E-state index contributed by atoms with van der Waals surface area (Å²) in [6.45, 7) is 0. The minimum Gasteiger partial charge on any atom is -0.344 e. The molecule has 0 unspecified atom stereocenters. The van der Waals surface area contributed by atoms with Crippen LogP contribution in [0.25, 0.3) is 77.0 Å². The molecule has 2 nitrogen and oxygen atoms in total. The van der Waals surface area contributed by atoms with Gasteiger partial charge in [-0.1, -0.05) is 91.0 Å². The molecule has 0 N–H and O–H groups in total. The van der Waals surface area contributed by atoms with Crippen molar-refractivity contribution in [2.75, 3.05) is 0 Å². The van der Waals surface area contributed by atoms with Crippen molar-refractivity contribution in [2.45, 2.75) is 0 Å². The Morgan fingerprint density at radius 3 is 1.20 bits per heavy atom. The van der Waals surface area contributed by atoms with Crippen molar-refractivity contribution in [1.29, 1.82) is 0 Å². The zero-order valence-corrected chi connectivity index (χ0v) is 22.6. The summed E-state index contributed by atoms with van der Waals surface area (Å²) < 4.78 is 4.60. The van der Waals surface area contributed by atoms with Crippen molar-refractivity contribution < 1.29 is 0 Å². The lowest BCUT2D eigenvalue weighted by atomic mass is 9.98. The van der Waals surface area contributed by atoms with Gasteiger partial charge in [-0.25, -0.2) is 0 Å². The van der Waals surface area contributed by atoms with Crippen LogP contribution in [0.4, 0.5) is 0 Å². The van der Waals surface area contributed by atoms with Crippen LogP contribution in [0, 0.1) is 0 Å². The molecule has 190 valence electrons. The number of hydrogen-bond acceptors (Lipinski definition) is 0. The van der Waals surface area contributed by atoms with Crippen LogP contribution in [0.3, 0.4) is 0 Å². The van der Waals surface area contributed by atoms with E-state index in [4.69, 9.17) is 0 Å². The highest BCUT2D eigenvalue weighted by Crippen LogP contribution is 2.37. The summed E-state index contributed by atoms with van der Waals surface area (Å²) in [5.41, 5.74) is 12.5. The largest absolute Gasteiger partial charge is 0.344 e. The van der Waals surface area contributed by atoms with Crippen LogP contribution in [0.2, 0.25) is 0 Å². The summed E-state index contributed by atoms with van der Waals surface area (Å²) in [7, 11) is 4.32. The SMILES string of the molecule is Cn1c2ccccc2c2cc(-c3ccc4c(c3)c3cc(-c5ccc(-c6ccccc6)cc5)ccc3n4C)ccc21. The molecule has 8 rings (SSSR count). The molecule has 0 saturated heterocycles. The topological polar surface area (TPSA) is 9.86 Å². The first-order chi connectivity index (χ1) is 19.7. The Kier molecular flexibility index (Phi) is 4.99. The Morgan fingerprint density at radius 2 is 0.650 bits per heavy atom. The standard InChI is InChI=1S/C38H28N2/c1-39-35-11-7-6-10-31(35)32-23-29(17-20-36(32)39)30-18-21-38-34(24-30)33-22-28(16-19-37(33)40(38)2)27-14-12-26(13-15-27)25-8-4-3-5-9-25/h3-24H,1-2H3. The highest BCUT2D eigenvalue weighted by Gasteiger charge is 2.13. The molecule has 0 fully saturated rings. The minimum atomic E-state index is 1.23. The second-order valence-electron chi connectivity index (χ2n) is 10.8. The molecular formula is C38H28N2. The summed E-state index contributed by atoms with van der Waals surface area (Å²) >= 11 is 0. The third-order valence-corrected chi connectivity index (χ3v) is 8.58. The summed E-state index contributed by atoms with van der Waals surface area (Å²) in [6, 6.07) is 48.8. The summed E-state index contributed by atoms with van der Waals surface area (Å²) in [4.78, 5) is 0. The van der Waals surface area contributed by atoms with Gasteiger partial charge < -0.3 is 9.13 Å². The van der Waals surface area contributed by atoms with E-state index < -0.39 is 0 Å². The van der Waals surface area contributed by atoms with E-state index in [1.54, 1.807) is 0 Å². The van der Waals surface area contributed by atoms with Gasteiger partial charge in [0.15, 0.2) is 0 Å². The molecule has 0 aliphatic heterocycles. The molecule has 8 aromatic rings. The molecule has 2 heterocycles. The molecule has 0 amide bonds. The lowest BCUT2D eigenvalue weighted by Gasteiger charge is -2.06. The van der Waals surface area contributed by atoms with Gasteiger partial charge in [0.25, 0.3) is 0 Å². The molecule has 0 atom stereocenters. The summed E-state index contributed by atoms with van der Waals surface area (Å²) in [5, 5.41) is 5.18. The minimum absolute atomic E-state index is 1.23. The van der Waals surface area contributed by atoms with Crippen LogP contribution in [0.15, 0.2) is 133 Å². The highest BCUT2D eigenvalue weighted by atomic mass is 14.9. The van der Waals surface area contributed by atoms with E-state index in [0.29, 0.717) is 0 Å². The predicted molar refractivity (Wildman–Crippen MR) is 171 cm³/mol. The molecule has 0 radical (unpaired) electrons. The molecule has 0 aliphatic rings. The van der Waals surface area contributed by atoms with Crippen molar-refractivity contribution >= 4 is 43.6 Å². The van der Waals surface area contributed by atoms with Crippen LogP contribution in [-0.2, 0) is 14.1 Å².